The maximum atomic E-state index is 13.5. The highest BCUT2D eigenvalue weighted by atomic mass is 19.1. The lowest BCUT2D eigenvalue weighted by atomic mass is 9.94. The van der Waals surface area contributed by atoms with Gasteiger partial charge < -0.3 is 4.74 Å². The maximum absolute atomic E-state index is 13.5. The zero-order valence-corrected chi connectivity index (χ0v) is 19.0. The van der Waals surface area contributed by atoms with Crippen molar-refractivity contribution in [2.75, 3.05) is 20.2 Å². The van der Waals surface area contributed by atoms with Gasteiger partial charge in [-0.3, -0.25) is 9.69 Å². The molecule has 5 nitrogen and oxygen atoms in total. The van der Waals surface area contributed by atoms with E-state index in [0.29, 0.717) is 19.0 Å². The summed E-state index contributed by atoms with van der Waals surface area (Å²) in [5, 5.41) is 6.39. The Balaban J connectivity index is 1.60. The lowest BCUT2D eigenvalue weighted by Gasteiger charge is -2.34. The third kappa shape index (κ3) is 5.01. The molecule has 0 spiro atoms. The Hall–Kier alpha value is -2.73. The highest BCUT2D eigenvalue weighted by molar-refractivity contribution is 6.03. The average Bonchev–Trinajstić information content (AvgIpc) is 3.29. The van der Waals surface area contributed by atoms with Crippen LogP contribution in [0.4, 0.5) is 4.39 Å². The molecule has 0 bridgehead atoms. The number of hydrazone groups is 1. The van der Waals surface area contributed by atoms with Crippen molar-refractivity contribution in [2.45, 2.75) is 57.5 Å². The molecule has 4 rings (SSSR count). The third-order valence-corrected chi connectivity index (χ3v) is 6.66. The first-order valence-corrected chi connectivity index (χ1v) is 11.6. The van der Waals surface area contributed by atoms with Crippen LogP contribution in [-0.2, 0) is 4.79 Å². The summed E-state index contributed by atoms with van der Waals surface area (Å²) < 4.78 is 18.9. The Kier molecular flexibility index (Phi) is 7.20. The van der Waals surface area contributed by atoms with Crippen LogP contribution >= 0.6 is 0 Å². The molecule has 2 aromatic rings. The van der Waals surface area contributed by atoms with Crippen molar-refractivity contribution < 1.29 is 13.9 Å². The minimum absolute atomic E-state index is 0.00959. The first kappa shape index (κ1) is 22.5. The third-order valence-electron chi connectivity index (χ3n) is 6.66. The van der Waals surface area contributed by atoms with Gasteiger partial charge in [-0.2, -0.15) is 5.10 Å². The van der Waals surface area contributed by atoms with Crippen LogP contribution in [0.25, 0.3) is 0 Å². The number of rotatable bonds is 7. The second-order valence-electron chi connectivity index (χ2n) is 8.64. The topological polar surface area (TPSA) is 45.1 Å². The number of ether oxygens (including phenoxy) is 1. The van der Waals surface area contributed by atoms with Crippen molar-refractivity contribution in [3.05, 3.63) is 65.5 Å². The number of methoxy groups -OCH3 is 1. The zero-order valence-electron chi connectivity index (χ0n) is 19.0. The summed E-state index contributed by atoms with van der Waals surface area (Å²) in [5.41, 5.74) is 2.67. The molecule has 1 fully saturated rings. The zero-order chi connectivity index (χ0) is 22.5. The molecule has 0 saturated heterocycles. The second-order valence-corrected chi connectivity index (χ2v) is 8.64. The van der Waals surface area contributed by atoms with Gasteiger partial charge in [0.05, 0.1) is 25.4 Å². The number of amides is 1. The van der Waals surface area contributed by atoms with Crippen LogP contribution < -0.4 is 4.74 Å². The molecule has 170 valence electrons. The number of halogens is 1. The van der Waals surface area contributed by atoms with E-state index in [2.05, 4.69) is 11.8 Å². The van der Waals surface area contributed by atoms with Gasteiger partial charge in [-0.15, -0.1) is 0 Å². The number of hydrogen-bond donors (Lipinski definition) is 0. The molecule has 2 aromatic carbocycles. The summed E-state index contributed by atoms with van der Waals surface area (Å²) in [7, 11) is 1.64. The largest absolute Gasteiger partial charge is 0.497 e. The van der Waals surface area contributed by atoms with E-state index < -0.39 is 0 Å². The van der Waals surface area contributed by atoms with Gasteiger partial charge in [-0.25, -0.2) is 9.40 Å². The van der Waals surface area contributed by atoms with E-state index in [-0.39, 0.29) is 17.8 Å². The first-order valence-electron chi connectivity index (χ1n) is 11.6. The molecule has 1 aliphatic heterocycles. The Labute approximate surface area is 189 Å². The minimum Gasteiger partial charge on any atom is -0.497 e. The van der Waals surface area contributed by atoms with E-state index in [4.69, 9.17) is 9.84 Å². The van der Waals surface area contributed by atoms with Gasteiger partial charge in [0.2, 0.25) is 0 Å². The molecule has 1 heterocycles. The van der Waals surface area contributed by atoms with Gasteiger partial charge in [0, 0.05) is 18.0 Å². The lowest BCUT2D eigenvalue weighted by Crippen LogP contribution is -2.44. The van der Waals surface area contributed by atoms with Gasteiger partial charge >= 0.3 is 0 Å². The molecule has 0 aromatic heterocycles. The molecule has 1 atom stereocenters. The predicted molar refractivity (Wildman–Crippen MR) is 124 cm³/mol. The van der Waals surface area contributed by atoms with Crippen LogP contribution in [0.1, 0.15) is 62.6 Å². The van der Waals surface area contributed by atoms with Crippen LogP contribution in [0.5, 0.6) is 5.75 Å². The van der Waals surface area contributed by atoms with Crippen molar-refractivity contribution in [2.24, 2.45) is 5.10 Å². The first-order chi connectivity index (χ1) is 15.6. The molecule has 1 aliphatic carbocycles. The van der Waals surface area contributed by atoms with E-state index in [0.717, 1.165) is 42.0 Å². The molecule has 0 radical (unpaired) electrons. The van der Waals surface area contributed by atoms with Gasteiger partial charge in [0.25, 0.3) is 5.91 Å². The van der Waals surface area contributed by atoms with Crippen molar-refractivity contribution in [3.8, 4) is 5.75 Å². The fourth-order valence-electron chi connectivity index (χ4n) is 4.85. The van der Waals surface area contributed by atoms with E-state index in [9.17, 15) is 9.18 Å². The van der Waals surface area contributed by atoms with Crippen LogP contribution in [0.15, 0.2) is 53.6 Å². The quantitative estimate of drug-likeness (QED) is 0.601. The van der Waals surface area contributed by atoms with E-state index >= 15 is 0 Å². The van der Waals surface area contributed by atoms with Crippen LogP contribution in [0.2, 0.25) is 0 Å². The summed E-state index contributed by atoms with van der Waals surface area (Å²) in [5.74, 6) is 0.459. The molecule has 1 amide bonds. The summed E-state index contributed by atoms with van der Waals surface area (Å²) in [6.07, 6.45) is 6.64. The van der Waals surface area contributed by atoms with E-state index in [1.165, 1.54) is 31.4 Å². The van der Waals surface area contributed by atoms with Crippen LogP contribution in [-0.4, -0.2) is 47.8 Å². The molecule has 1 saturated carbocycles. The molecule has 6 heteroatoms. The summed E-state index contributed by atoms with van der Waals surface area (Å²) >= 11 is 0. The van der Waals surface area contributed by atoms with E-state index in [1.54, 1.807) is 24.3 Å². The van der Waals surface area contributed by atoms with Crippen LogP contribution in [0, 0.1) is 5.82 Å². The number of likely N-dealkylation sites (N-methyl/N-ethyl adjacent to an activating group) is 1. The Morgan fingerprint density at radius 3 is 2.59 bits per heavy atom. The van der Waals surface area contributed by atoms with Gasteiger partial charge in [0.1, 0.15) is 11.6 Å². The highest BCUT2D eigenvalue weighted by Crippen LogP contribution is 2.34. The summed E-state index contributed by atoms with van der Waals surface area (Å²) in [4.78, 5) is 15.8. The van der Waals surface area contributed by atoms with E-state index in [1.807, 2.05) is 24.3 Å². The summed E-state index contributed by atoms with van der Waals surface area (Å²) in [6.45, 7) is 3.32. The van der Waals surface area contributed by atoms with Gasteiger partial charge in [-0.1, -0.05) is 50.5 Å². The number of nitrogens with zero attached hydrogens (tertiary/aromatic N) is 3. The van der Waals surface area contributed by atoms with Crippen molar-refractivity contribution >= 4 is 11.6 Å². The molecular formula is C26H32FN3O2. The Morgan fingerprint density at radius 2 is 1.91 bits per heavy atom. The lowest BCUT2D eigenvalue weighted by molar-refractivity contribution is -0.135. The SMILES string of the molecule is CCN(CC(=O)N1N=C(c2cccc(OC)c2)CC1c1ccc(F)cc1)C1CCCCC1. The molecule has 1 unspecified atom stereocenters. The van der Waals surface area contributed by atoms with Crippen molar-refractivity contribution in [1.82, 2.24) is 9.91 Å². The number of carbonyl (C=O) groups excluding carboxylic acids is 1. The van der Waals surface area contributed by atoms with Gasteiger partial charge in [-0.05, 0) is 49.2 Å². The number of carbonyl (C=O) groups is 1. The molecule has 32 heavy (non-hydrogen) atoms. The average molecular weight is 438 g/mol. The molecule has 0 N–H and O–H groups in total. The fraction of sp³-hybridized carbons (Fsp3) is 0.462. The molecule has 2 aliphatic rings. The highest BCUT2D eigenvalue weighted by Gasteiger charge is 2.34. The fourth-order valence-corrected chi connectivity index (χ4v) is 4.85. The normalized spacial score (nSPS) is 19.3. The Morgan fingerprint density at radius 1 is 1.16 bits per heavy atom. The predicted octanol–water partition coefficient (Wildman–Crippen LogP) is 5.17. The van der Waals surface area contributed by atoms with Crippen molar-refractivity contribution in [1.29, 1.82) is 0 Å². The van der Waals surface area contributed by atoms with Gasteiger partial charge in [0.15, 0.2) is 0 Å². The molecular weight excluding hydrogens is 405 g/mol. The number of hydrogen-bond acceptors (Lipinski definition) is 4. The Bertz CT molecular complexity index is 954. The standard InChI is InChI=1S/C26H32FN3O2/c1-3-29(22-9-5-4-6-10-22)18-26(31)30-25(19-12-14-21(27)15-13-19)17-24(28-30)20-8-7-11-23(16-20)32-2/h7-8,11-16,22,25H,3-6,9-10,17-18H2,1-2H3. The second kappa shape index (κ2) is 10.3. The smallest absolute Gasteiger partial charge is 0.257 e. The van der Waals surface area contributed by atoms with Crippen molar-refractivity contribution in [3.63, 3.8) is 0 Å². The number of benzene rings is 2. The monoisotopic (exact) mass is 437 g/mol. The summed E-state index contributed by atoms with van der Waals surface area (Å²) in [6, 6.07) is 14.4. The maximum Gasteiger partial charge on any atom is 0.257 e. The minimum atomic E-state index is -0.284. The van der Waals surface area contributed by atoms with Crippen LogP contribution in [0.3, 0.4) is 0 Å².